The SMILES string of the molecule is CCCNC(=O)CNC(=O)Cn1cc([N+](=O)[O-])ccc1=O. The third-order valence-electron chi connectivity index (χ3n) is 2.51. The second-order valence-corrected chi connectivity index (χ2v) is 4.24. The van der Waals surface area contributed by atoms with Gasteiger partial charge >= 0.3 is 0 Å². The van der Waals surface area contributed by atoms with E-state index in [4.69, 9.17) is 0 Å². The van der Waals surface area contributed by atoms with Crippen molar-refractivity contribution in [2.75, 3.05) is 13.1 Å². The van der Waals surface area contributed by atoms with Crippen molar-refractivity contribution in [1.82, 2.24) is 15.2 Å². The lowest BCUT2D eigenvalue weighted by Crippen LogP contribution is -2.39. The standard InChI is InChI=1S/C12H16N4O5/c1-2-5-13-10(17)6-14-11(18)8-15-7-9(16(20)21)3-4-12(15)19/h3-4,7H,2,5-6,8H2,1H3,(H,13,17)(H,14,18). The van der Waals surface area contributed by atoms with Gasteiger partial charge < -0.3 is 10.6 Å². The second-order valence-electron chi connectivity index (χ2n) is 4.24. The molecular weight excluding hydrogens is 280 g/mol. The summed E-state index contributed by atoms with van der Waals surface area (Å²) in [5.74, 6) is -0.916. The minimum absolute atomic E-state index is 0.206. The van der Waals surface area contributed by atoms with Gasteiger partial charge in [0.05, 0.1) is 17.7 Å². The molecule has 0 aromatic carbocycles. The van der Waals surface area contributed by atoms with Crippen LogP contribution in [0.25, 0.3) is 0 Å². The molecule has 2 N–H and O–H groups in total. The van der Waals surface area contributed by atoms with Gasteiger partial charge in [-0.1, -0.05) is 6.92 Å². The monoisotopic (exact) mass is 296 g/mol. The zero-order valence-corrected chi connectivity index (χ0v) is 11.5. The molecule has 0 aliphatic carbocycles. The van der Waals surface area contributed by atoms with E-state index >= 15 is 0 Å². The lowest BCUT2D eigenvalue weighted by molar-refractivity contribution is -0.385. The van der Waals surface area contributed by atoms with Gasteiger partial charge in [-0.2, -0.15) is 0 Å². The van der Waals surface area contributed by atoms with Crippen LogP contribution in [0.2, 0.25) is 0 Å². The number of nitro groups is 1. The van der Waals surface area contributed by atoms with Crippen molar-refractivity contribution >= 4 is 17.5 Å². The Morgan fingerprint density at radius 1 is 1.29 bits per heavy atom. The molecule has 1 heterocycles. The normalized spacial score (nSPS) is 9.95. The zero-order chi connectivity index (χ0) is 15.8. The predicted molar refractivity (Wildman–Crippen MR) is 73.7 cm³/mol. The van der Waals surface area contributed by atoms with Gasteiger partial charge in [0.1, 0.15) is 6.54 Å². The molecule has 0 aliphatic heterocycles. The number of aromatic nitrogens is 1. The smallest absolute Gasteiger partial charge is 0.285 e. The van der Waals surface area contributed by atoms with Gasteiger partial charge in [-0.25, -0.2) is 0 Å². The quantitative estimate of drug-likeness (QED) is 0.513. The molecule has 0 saturated carbocycles. The largest absolute Gasteiger partial charge is 0.355 e. The highest BCUT2D eigenvalue weighted by molar-refractivity contribution is 5.84. The van der Waals surface area contributed by atoms with Crippen LogP contribution >= 0.6 is 0 Å². The number of hydrogen-bond acceptors (Lipinski definition) is 5. The Bertz CT molecular complexity index is 596. The second kappa shape index (κ2) is 7.78. The summed E-state index contributed by atoms with van der Waals surface area (Å²) in [7, 11) is 0. The van der Waals surface area contributed by atoms with E-state index < -0.39 is 16.4 Å². The lowest BCUT2D eigenvalue weighted by Gasteiger charge is -2.07. The Kier molecular flexibility index (Phi) is 6.05. The Balaban J connectivity index is 2.59. The molecule has 0 radical (unpaired) electrons. The van der Waals surface area contributed by atoms with Gasteiger partial charge in [-0.05, 0) is 6.42 Å². The summed E-state index contributed by atoms with van der Waals surface area (Å²) in [6.45, 7) is 1.82. The van der Waals surface area contributed by atoms with Crippen LogP contribution in [0.3, 0.4) is 0 Å². The molecule has 0 atom stereocenters. The number of rotatable bonds is 7. The lowest BCUT2D eigenvalue weighted by atomic mass is 10.4. The summed E-state index contributed by atoms with van der Waals surface area (Å²) in [6.07, 6.45) is 1.77. The average molecular weight is 296 g/mol. The molecule has 0 aliphatic rings. The Hall–Kier alpha value is -2.71. The van der Waals surface area contributed by atoms with Crippen molar-refractivity contribution in [2.24, 2.45) is 0 Å². The van der Waals surface area contributed by atoms with E-state index in [1.807, 2.05) is 6.92 Å². The summed E-state index contributed by atoms with van der Waals surface area (Å²) < 4.78 is 0.914. The topological polar surface area (TPSA) is 123 Å². The third-order valence-corrected chi connectivity index (χ3v) is 2.51. The summed E-state index contributed by atoms with van der Waals surface area (Å²) in [5, 5.41) is 15.5. The van der Waals surface area contributed by atoms with Gasteiger partial charge in [-0.15, -0.1) is 0 Å². The molecule has 9 heteroatoms. The van der Waals surface area contributed by atoms with E-state index in [1.165, 1.54) is 0 Å². The van der Waals surface area contributed by atoms with Crippen LogP contribution in [0.15, 0.2) is 23.1 Å². The van der Waals surface area contributed by atoms with Gasteiger partial charge in [0, 0.05) is 18.7 Å². The molecule has 0 unspecified atom stereocenters. The van der Waals surface area contributed by atoms with Crippen molar-refractivity contribution in [1.29, 1.82) is 0 Å². The van der Waals surface area contributed by atoms with E-state index in [0.717, 1.165) is 29.3 Å². The molecule has 1 aromatic rings. The first kappa shape index (κ1) is 16.3. The summed E-state index contributed by atoms with van der Waals surface area (Å²) in [5.41, 5.74) is -0.825. The number of carbonyl (C=O) groups is 2. The molecule has 0 fully saturated rings. The molecule has 9 nitrogen and oxygen atoms in total. The Morgan fingerprint density at radius 2 is 2.00 bits per heavy atom. The third kappa shape index (κ3) is 5.43. The zero-order valence-electron chi connectivity index (χ0n) is 11.5. The van der Waals surface area contributed by atoms with Crippen LogP contribution in [0.1, 0.15) is 13.3 Å². The van der Waals surface area contributed by atoms with Crippen LogP contribution in [-0.4, -0.2) is 34.4 Å². The van der Waals surface area contributed by atoms with E-state index in [1.54, 1.807) is 0 Å². The predicted octanol–water partition coefficient (Wildman–Crippen LogP) is -0.601. The van der Waals surface area contributed by atoms with Crippen molar-refractivity contribution in [3.05, 3.63) is 38.8 Å². The Morgan fingerprint density at radius 3 is 2.62 bits per heavy atom. The highest BCUT2D eigenvalue weighted by Gasteiger charge is 2.11. The van der Waals surface area contributed by atoms with Crippen LogP contribution in [0.5, 0.6) is 0 Å². The Labute approximate surface area is 120 Å². The van der Waals surface area contributed by atoms with Gasteiger partial charge in [0.25, 0.3) is 11.2 Å². The number of amides is 2. The fourth-order valence-corrected chi connectivity index (χ4v) is 1.47. The van der Waals surface area contributed by atoms with Gasteiger partial charge in [0.2, 0.25) is 11.8 Å². The van der Waals surface area contributed by atoms with Gasteiger partial charge in [-0.3, -0.25) is 29.1 Å². The van der Waals surface area contributed by atoms with Crippen LogP contribution in [-0.2, 0) is 16.1 Å². The number of hydrogen-bond donors (Lipinski definition) is 2. The first-order chi connectivity index (χ1) is 9.93. The summed E-state index contributed by atoms with van der Waals surface area (Å²) >= 11 is 0. The van der Waals surface area contributed by atoms with E-state index in [0.29, 0.717) is 6.54 Å². The molecule has 1 rings (SSSR count). The first-order valence-corrected chi connectivity index (χ1v) is 6.32. The van der Waals surface area contributed by atoms with E-state index in [-0.39, 0.29) is 24.7 Å². The van der Waals surface area contributed by atoms with Crippen molar-refractivity contribution in [3.63, 3.8) is 0 Å². The number of nitrogens with one attached hydrogen (secondary N) is 2. The summed E-state index contributed by atoms with van der Waals surface area (Å²) in [4.78, 5) is 44.3. The van der Waals surface area contributed by atoms with Gasteiger partial charge in [0.15, 0.2) is 0 Å². The number of pyridine rings is 1. The number of nitrogens with zero attached hydrogens (tertiary/aromatic N) is 2. The maximum Gasteiger partial charge on any atom is 0.285 e. The van der Waals surface area contributed by atoms with Crippen molar-refractivity contribution in [2.45, 2.75) is 19.9 Å². The van der Waals surface area contributed by atoms with Crippen molar-refractivity contribution in [3.8, 4) is 0 Å². The fourth-order valence-electron chi connectivity index (χ4n) is 1.47. The van der Waals surface area contributed by atoms with Crippen LogP contribution in [0.4, 0.5) is 5.69 Å². The van der Waals surface area contributed by atoms with Crippen LogP contribution < -0.4 is 16.2 Å². The molecule has 1 aromatic heterocycles. The molecule has 0 saturated heterocycles. The molecular formula is C12H16N4O5. The fraction of sp³-hybridized carbons (Fsp3) is 0.417. The molecule has 2 amide bonds. The van der Waals surface area contributed by atoms with Crippen LogP contribution in [0, 0.1) is 10.1 Å². The molecule has 0 spiro atoms. The average Bonchev–Trinajstić information content (AvgIpc) is 2.45. The summed E-state index contributed by atoms with van der Waals surface area (Å²) in [6, 6.07) is 2.08. The minimum atomic E-state index is -0.661. The highest BCUT2D eigenvalue weighted by Crippen LogP contribution is 2.05. The molecule has 114 valence electrons. The van der Waals surface area contributed by atoms with E-state index in [9.17, 15) is 24.5 Å². The van der Waals surface area contributed by atoms with E-state index in [2.05, 4.69) is 10.6 Å². The maximum atomic E-state index is 11.6. The molecule has 21 heavy (non-hydrogen) atoms. The first-order valence-electron chi connectivity index (χ1n) is 6.32. The number of carbonyl (C=O) groups excluding carboxylic acids is 2. The highest BCUT2D eigenvalue weighted by atomic mass is 16.6. The minimum Gasteiger partial charge on any atom is -0.355 e. The molecule has 0 bridgehead atoms. The van der Waals surface area contributed by atoms with Crippen molar-refractivity contribution < 1.29 is 14.5 Å². The maximum absolute atomic E-state index is 11.6.